The fraction of sp³-hybridized carbons (Fsp3) is 0.450. The normalized spacial score (nSPS) is 19.6. The van der Waals surface area contributed by atoms with E-state index < -0.39 is 15.9 Å². The topological polar surface area (TPSA) is 105 Å². The average Bonchev–Trinajstić information content (AvgIpc) is 3.33. The number of imidazole rings is 1. The van der Waals surface area contributed by atoms with E-state index >= 15 is 0 Å². The highest BCUT2D eigenvalue weighted by molar-refractivity contribution is 7.89. The number of carbonyl (C=O) groups excluding carboxylic acids is 2. The number of carbonyl (C=O) groups is 2. The van der Waals surface area contributed by atoms with Gasteiger partial charge in [0, 0.05) is 59.8 Å². The molecule has 0 unspecified atom stereocenters. The van der Waals surface area contributed by atoms with Gasteiger partial charge in [-0.3, -0.25) is 9.59 Å². The van der Waals surface area contributed by atoms with Crippen molar-refractivity contribution in [3.63, 3.8) is 0 Å². The molecular formula is C20H27N5O4S. The Morgan fingerprint density at radius 1 is 1.20 bits per heavy atom. The van der Waals surface area contributed by atoms with Crippen LogP contribution in [0, 0.1) is 5.92 Å². The third kappa shape index (κ3) is 4.54. The number of sulfonamides is 1. The molecule has 30 heavy (non-hydrogen) atoms. The molecule has 2 aromatic rings. The lowest BCUT2D eigenvalue weighted by atomic mass is 9.87. The quantitative estimate of drug-likeness (QED) is 0.716. The van der Waals surface area contributed by atoms with Crippen LogP contribution in [-0.2, 0) is 33.2 Å². The number of benzene rings is 1. The first-order valence-corrected chi connectivity index (χ1v) is 11.1. The van der Waals surface area contributed by atoms with Gasteiger partial charge in [0.2, 0.25) is 11.8 Å². The number of rotatable bonds is 6. The van der Waals surface area contributed by atoms with E-state index in [1.807, 2.05) is 24.3 Å². The Morgan fingerprint density at radius 3 is 2.40 bits per heavy atom. The van der Waals surface area contributed by atoms with E-state index in [1.54, 1.807) is 25.7 Å². The smallest absolute Gasteiger partial charge is 0.262 e. The summed E-state index contributed by atoms with van der Waals surface area (Å²) in [6, 6.07) is 7.57. The highest BCUT2D eigenvalue weighted by Crippen LogP contribution is 2.36. The zero-order chi connectivity index (χ0) is 22.1. The van der Waals surface area contributed by atoms with Gasteiger partial charge in [0.05, 0.1) is 12.2 Å². The third-order valence-electron chi connectivity index (χ3n) is 5.28. The minimum absolute atomic E-state index is 0.0210. The molecule has 2 heterocycles. The number of aromatic nitrogens is 2. The number of amides is 2. The second-order valence-electron chi connectivity index (χ2n) is 7.80. The van der Waals surface area contributed by atoms with Gasteiger partial charge in [-0.1, -0.05) is 24.3 Å². The molecule has 1 aliphatic rings. The van der Waals surface area contributed by atoms with E-state index in [4.69, 9.17) is 0 Å². The van der Waals surface area contributed by atoms with E-state index in [0.717, 1.165) is 11.1 Å². The summed E-state index contributed by atoms with van der Waals surface area (Å²) in [4.78, 5) is 29.4. The molecular weight excluding hydrogens is 406 g/mol. The van der Waals surface area contributed by atoms with Crippen LogP contribution in [0.25, 0.3) is 0 Å². The Kier molecular flexibility index (Phi) is 6.27. The van der Waals surface area contributed by atoms with Gasteiger partial charge in [-0.05, 0) is 11.1 Å². The zero-order valence-electron chi connectivity index (χ0n) is 17.6. The van der Waals surface area contributed by atoms with Crippen molar-refractivity contribution >= 4 is 21.8 Å². The molecule has 162 valence electrons. The summed E-state index contributed by atoms with van der Waals surface area (Å²) >= 11 is 0. The highest BCUT2D eigenvalue weighted by atomic mass is 32.2. The maximum Gasteiger partial charge on any atom is 0.262 e. The highest BCUT2D eigenvalue weighted by Gasteiger charge is 2.44. The molecule has 2 atom stereocenters. The van der Waals surface area contributed by atoms with Gasteiger partial charge in [0.1, 0.15) is 0 Å². The summed E-state index contributed by atoms with van der Waals surface area (Å²) in [6.07, 6.45) is 2.90. The summed E-state index contributed by atoms with van der Waals surface area (Å²) in [5.41, 5.74) is 1.82. The third-order valence-corrected chi connectivity index (χ3v) is 7.00. The molecule has 1 N–H and O–H groups in total. The van der Waals surface area contributed by atoms with Crippen molar-refractivity contribution in [1.29, 1.82) is 0 Å². The number of nitrogens with one attached hydrogen (secondary N) is 1. The molecule has 1 saturated heterocycles. The Bertz CT molecular complexity index is 1030. The van der Waals surface area contributed by atoms with Gasteiger partial charge < -0.3 is 14.8 Å². The van der Waals surface area contributed by atoms with E-state index in [0.29, 0.717) is 6.54 Å². The minimum Gasteiger partial charge on any atom is -0.352 e. The van der Waals surface area contributed by atoms with Gasteiger partial charge in [-0.2, -0.15) is 4.31 Å². The van der Waals surface area contributed by atoms with Gasteiger partial charge in [0.15, 0.2) is 5.03 Å². The van der Waals surface area contributed by atoms with Crippen LogP contribution in [0.5, 0.6) is 0 Å². The molecule has 1 aliphatic heterocycles. The Balaban J connectivity index is 1.87. The largest absolute Gasteiger partial charge is 0.352 e. The molecule has 3 rings (SSSR count). The van der Waals surface area contributed by atoms with Crippen molar-refractivity contribution < 1.29 is 18.0 Å². The maximum atomic E-state index is 13.1. The molecule has 1 aromatic heterocycles. The monoisotopic (exact) mass is 433 g/mol. The summed E-state index contributed by atoms with van der Waals surface area (Å²) < 4.78 is 29.0. The van der Waals surface area contributed by atoms with E-state index in [-0.39, 0.29) is 35.8 Å². The van der Waals surface area contributed by atoms with E-state index in [2.05, 4.69) is 10.3 Å². The van der Waals surface area contributed by atoms with Crippen LogP contribution < -0.4 is 5.32 Å². The fourth-order valence-corrected chi connectivity index (χ4v) is 5.11. The van der Waals surface area contributed by atoms with Crippen molar-refractivity contribution in [2.45, 2.75) is 24.4 Å². The Labute approximate surface area is 176 Å². The molecule has 0 saturated carbocycles. The van der Waals surface area contributed by atoms with Gasteiger partial charge >= 0.3 is 0 Å². The molecule has 0 radical (unpaired) electrons. The predicted octanol–water partition coefficient (Wildman–Crippen LogP) is 0.549. The fourth-order valence-electron chi connectivity index (χ4n) is 3.65. The molecule has 10 heteroatoms. The first kappa shape index (κ1) is 22.0. The molecule has 0 aliphatic carbocycles. The lowest BCUT2D eigenvalue weighted by Crippen LogP contribution is -2.35. The van der Waals surface area contributed by atoms with Crippen molar-refractivity contribution in [2.24, 2.45) is 13.0 Å². The van der Waals surface area contributed by atoms with Gasteiger partial charge in [-0.15, -0.1) is 0 Å². The Morgan fingerprint density at radius 2 is 1.87 bits per heavy atom. The van der Waals surface area contributed by atoms with Gasteiger partial charge in [-0.25, -0.2) is 13.4 Å². The Hall–Kier alpha value is -2.72. The summed E-state index contributed by atoms with van der Waals surface area (Å²) in [6.45, 7) is 2.18. The maximum absolute atomic E-state index is 13.1. The van der Waals surface area contributed by atoms with Crippen LogP contribution in [0.2, 0.25) is 0 Å². The molecule has 2 amide bonds. The summed E-state index contributed by atoms with van der Waals surface area (Å²) in [5.74, 6) is -0.976. The van der Waals surface area contributed by atoms with Crippen LogP contribution >= 0.6 is 0 Å². The zero-order valence-corrected chi connectivity index (χ0v) is 18.4. The number of hydrogen-bond acceptors (Lipinski definition) is 5. The lowest BCUT2D eigenvalue weighted by Gasteiger charge is -2.21. The van der Waals surface area contributed by atoms with Crippen molar-refractivity contribution in [2.75, 3.05) is 27.2 Å². The van der Waals surface area contributed by atoms with Crippen LogP contribution in [-0.4, -0.2) is 66.2 Å². The van der Waals surface area contributed by atoms with Crippen molar-refractivity contribution in [1.82, 2.24) is 24.1 Å². The minimum atomic E-state index is -3.79. The standard InChI is InChI=1S/C20H27N5O4S/c1-14(26)21-9-15-5-7-16(8-6-15)17-10-25(11-18(17)20(27)23(2)3)30(28,29)19-12-24(4)13-22-19/h5-8,12-13,17-18H,9-11H2,1-4H3,(H,21,26)/t17-,18+/m1/s1. The summed E-state index contributed by atoms with van der Waals surface area (Å²) in [5, 5.41) is 2.72. The van der Waals surface area contributed by atoms with Crippen molar-refractivity contribution in [3.8, 4) is 0 Å². The molecule has 0 spiro atoms. The first-order chi connectivity index (χ1) is 14.1. The lowest BCUT2D eigenvalue weighted by molar-refractivity contribution is -0.132. The predicted molar refractivity (Wildman–Crippen MR) is 111 cm³/mol. The van der Waals surface area contributed by atoms with Crippen LogP contribution in [0.4, 0.5) is 0 Å². The number of hydrogen-bond donors (Lipinski definition) is 1. The number of nitrogens with zero attached hydrogens (tertiary/aromatic N) is 4. The van der Waals surface area contributed by atoms with Crippen LogP contribution in [0.15, 0.2) is 41.8 Å². The molecule has 1 aromatic carbocycles. The average molecular weight is 434 g/mol. The van der Waals surface area contributed by atoms with Crippen LogP contribution in [0.3, 0.4) is 0 Å². The molecule has 9 nitrogen and oxygen atoms in total. The molecule has 0 bridgehead atoms. The second-order valence-corrected chi connectivity index (χ2v) is 9.68. The van der Waals surface area contributed by atoms with E-state index in [1.165, 1.54) is 28.7 Å². The molecule has 1 fully saturated rings. The second kappa shape index (κ2) is 8.57. The number of aryl methyl sites for hydroxylation is 1. The summed E-state index contributed by atoms with van der Waals surface area (Å²) in [7, 11) is 1.26. The SMILES string of the molecule is CC(=O)NCc1ccc([C@H]2CN(S(=O)(=O)c3cn(C)cn3)C[C@@H]2C(=O)N(C)C)cc1. The van der Waals surface area contributed by atoms with E-state index in [9.17, 15) is 18.0 Å². The first-order valence-electron chi connectivity index (χ1n) is 9.62. The van der Waals surface area contributed by atoms with Gasteiger partial charge in [0.25, 0.3) is 10.0 Å². The van der Waals surface area contributed by atoms with Crippen LogP contribution in [0.1, 0.15) is 24.0 Å². The van der Waals surface area contributed by atoms with Crippen molar-refractivity contribution in [3.05, 3.63) is 47.9 Å².